The standard InChI is InChI=1S/C39H28N4/c1-27-18-28(30-21-32(36-10-2-6-14-40-36)25-33(22-30)37-11-3-7-15-41-37)20-29(19-27)31-23-34(38-12-4-8-16-42-38)26-35(24-31)39-13-5-9-17-43-39/h2-26H,1H3. The fraction of sp³-hybridized carbons (Fsp3) is 0.0256. The molecule has 0 N–H and O–H groups in total. The number of pyridine rings is 4. The summed E-state index contributed by atoms with van der Waals surface area (Å²) in [6.45, 7) is 2.15. The zero-order valence-electron chi connectivity index (χ0n) is 23.7. The molecular formula is C39H28N4. The van der Waals surface area contributed by atoms with Crippen molar-refractivity contribution in [3.63, 3.8) is 0 Å². The van der Waals surface area contributed by atoms with E-state index in [1.807, 2.05) is 97.6 Å². The third-order valence-electron chi connectivity index (χ3n) is 7.45. The second kappa shape index (κ2) is 11.6. The van der Waals surface area contributed by atoms with Gasteiger partial charge in [-0.15, -0.1) is 0 Å². The van der Waals surface area contributed by atoms with Crippen molar-refractivity contribution in [3.05, 3.63) is 158 Å². The molecular weight excluding hydrogens is 524 g/mol. The highest BCUT2D eigenvalue weighted by Gasteiger charge is 2.13. The number of nitrogens with zero attached hydrogens (tertiary/aromatic N) is 4. The van der Waals surface area contributed by atoms with E-state index in [1.54, 1.807) is 0 Å². The summed E-state index contributed by atoms with van der Waals surface area (Å²) in [7, 11) is 0. The predicted molar refractivity (Wildman–Crippen MR) is 175 cm³/mol. The minimum absolute atomic E-state index is 0.928. The molecule has 4 aromatic heterocycles. The van der Waals surface area contributed by atoms with Gasteiger partial charge < -0.3 is 0 Å². The number of rotatable bonds is 6. The third kappa shape index (κ3) is 5.72. The molecule has 0 radical (unpaired) electrons. The minimum atomic E-state index is 0.928. The lowest BCUT2D eigenvalue weighted by Gasteiger charge is -2.14. The smallest absolute Gasteiger partial charge is 0.0702 e. The Kier molecular flexibility index (Phi) is 7.08. The Hall–Kier alpha value is -5.74. The van der Waals surface area contributed by atoms with Crippen LogP contribution in [0, 0.1) is 6.92 Å². The Morgan fingerprint density at radius 3 is 0.837 bits per heavy atom. The SMILES string of the molecule is Cc1cc(-c2cc(-c3ccccn3)cc(-c3ccccn3)c2)cc(-c2cc(-c3ccccn3)cc(-c3ccccn3)c2)c1. The van der Waals surface area contributed by atoms with E-state index in [0.29, 0.717) is 0 Å². The van der Waals surface area contributed by atoms with E-state index in [0.717, 1.165) is 67.3 Å². The second-order valence-electron chi connectivity index (χ2n) is 10.5. The molecule has 0 saturated carbocycles. The first kappa shape index (κ1) is 26.2. The molecule has 3 aromatic carbocycles. The first-order valence-corrected chi connectivity index (χ1v) is 14.3. The van der Waals surface area contributed by atoms with E-state index in [4.69, 9.17) is 0 Å². The first-order valence-electron chi connectivity index (χ1n) is 14.3. The van der Waals surface area contributed by atoms with Crippen molar-refractivity contribution in [2.45, 2.75) is 6.92 Å². The molecule has 0 spiro atoms. The molecule has 4 heteroatoms. The molecule has 7 rings (SSSR count). The van der Waals surface area contributed by atoms with Crippen molar-refractivity contribution in [2.75, 3.05) is 0 Å². The van der Waals surface area contributed by atoms with E-state index in [1.165, 1.54) is 5.56 Å². The minimum Gasteiger partial charge on any atom is -0.256 e. The van der Waals surface area contributed by atoms with Crippen LogP contribution in [-0.4, -0.2) is 19.9 Å². The summed E-state index contributed by atoms with van der Waals surface area (Å²) in [6.07, 6.45) is 7.34. The van der Waals surface area contributed by atoms with Gasteiger partial charge in [0.1, 0.15) is 0 Å². The Balaban J connectivity index is 1.40. The summed E-state index contributed by atoms with van der Waals surface area (Å²) in [5.74, 6) is 0. The van der Waals surface area contributed by atoms with E-state index >= 15 is 0 Å². The van der Waals surface area contributed by atoms with E-state index < -0.39 is 0 Å². The summed E-state index contributed by atoms with van der Waals surface area (Å²) in [5.41, 5.74) is 13.6. The lowest BCUT2D eigenvalue weighted by Crippen LogP contribution is -1.92. The summed E-state index contributed by atoms with van der Waals surface area (Å²) in [5, 5.41) is 0. The topological polar surface area (TPSA) is 51.6 Å². The van der Waals surface area contributed by atoms with Crippen LogP contribution in [0.5, 0.6) is 0 Å². The highest BCUT2D eigenvalue weighted by Crippen LogP contribution is 2.36. The zero-order chi connectivity index (χ0) is 29.0. The Bertz CT molecular complexity index is 1750. The molecule has 4 heterocycles. The molecule has 0 amide bonds. The van der Waals surface area contributed by atoms with Gasteiger partial charge in [-0.25, -0.2) is 0 Å². The molecule has 43 heavy (non-hydrogen) atoms. The van der Waals surface area contributed by atoms with Gasteiger partial charge in [-0.05, 0) is 126 Å². The molecule has 7 aromatic rings. The van der Waals surface area contributed by atoms with E-state index in [-0.39, 0.29) is 0 Å². The molecule has 0 atom stereocenters. The van der Waals surface area contributed by atoms with Crippen LogP contribution >= 0.6 is 0 Å². The van der Waals surface area contributed by atoms with Crippen LogP contribution < -0.4 is 0 Å². The van der Waals surface area contributed by atoms with Crippen molar-refractivity contribution in [1.82, 2.24) is 19.9 Å². The average Bonchev–Trinajstić information content (AvgIpc) is 3.09. The summed E-state index contributed by atoms with van der Waals surface area (Å²) in [4.78, 5) is 18.6. The van der Waals surface area contributed by atoms with Crippen LogP contribution in [0.3, 0.4) is 0 Å². The number of aromatic nitrogens is 4. The van der Waals surface area contributed by atoms with E-state index in [2.05, 4.69) is 81.5 Å². The van der Waals surface area contributed by atoms with Gasteiger partial charge in [-0.1, -0.05) is 36.4 Å². The second-order valence-corrected chi connectivity index (χ2v) is 10.5. The maximum absolute atomic E-state index is 4.65. The van der Waals surface area contributed by atoms with Crippen LogP contribution in [0.25, 0.3) is 67.3 Å². The highest BCUT2D eigenvalue weighted by molar-refractivity contribution is 5.84. The van der Waals surface area contributed by atoms with Crippen molar-refractivity contribution in [2.24, 2.45) is 0 Å². The van der Waals surface area contributed by atoms with Gasteiger partial charge in [0, 0.05) is 47.0 Å². The number of hydrogen-bond acceptors (Lipinski definition) is 4. The maximum atomic E-state index is 4.65. The molecule has 0 unspecified atom stereocenters. The molecule has 0 aliphatic heterocycles. The number of benzene rings is 3. The Morgan fingerprint density at radius 1 is 0.302 bits per heavy atom. The fourth-order valence-electron chi connectivity index (χ4n) is 5.43. The van der Waals surface area contributed by atoms with Crippen LogP contribution in [0.1, 0.15) is 5.56 Å². The van der Waals surface area contributed by atoms with Crippen LogP contribution in [0.2, 0.25) is 0 Å². The van der Waals surface area contributed by atoms with E-state index in [9.17, 15) is 0 Å². The summed E-state index contributed by atoms with van der Waals surface area (Å²) in [6, 6.07) is 44.0. The normalized spacial score (nSPS) is 10.9. The Labute approximate surface area is 251 Å². The van der Waals surface area contributed by atoms with Gasteiger partial charge in [0.15, 0.2) is 0 Å². The van der Waals surface area contributed by atoms with Crippen LogP contribution in [0.15, 0.2) is 152 Å². The van der Waals surface area contributed by atoms with Crippen molar-refractivity contribution >= 4 is 0 Å². The van der Waals surface area contributed by atoms with Gasteiger partial charge >= 0.3 is 0 Å². The van der Waals surface area contributed by atoms with Crippen molar-refractivity contribution in [1.29, 1.82) is 0 Å². The van der Waals surface area contributed by atoms with Crippen molar-refractivity contribution in [3.8, 4) is 67.3 Å². The summed E-state index contributed by atoms with van der Waals surface area (Å²) < 4.78 is 0. The molecule has 4 nitrogen and oxygen atoms in total. The average molecular weight is 553 g/mol. The quantitative estimate of drug-likeness (QED) is 0.206. The van der Waals surface area contributed by atoms with Crippen LogP contribution in [0.4, 0.5) is 0 Å². The summed E-state index contributed by atoms with van der Waals surface area (Å²) >= 11 is 0. The Morgan fingerprint density at radius 2 is 0.558 bits per heavy atom. The molecule has 0 aliphatic carbocycles. The van der Waals surface area contributed by atoms with Gasteiger partial charge in [0.05, 0.1) is 22.8 Å². The fourth-order valence-corrected chi connectivity index (χ4v) is 5.43. The molecule has 0 aliphatic rings. The lowest BCUT2D eigenvalue weighted by molar-refractivity contribution is 1.31. The highest BCUT2D eigenvalue weighted by atomic mass is 14.7. The molecule has 0 fully saturated rings. The van der Waals surface area contributed by atoms with Crippen molar-refractivity contribution < 1.29 is 0 Å². The maximum Gasteiger partial charge on any atom is 0.0702 e. The third-order valence-corrected chi connectivity index (χ3v) is 7.45. The van der Waals surface area contributed by atoms with Gasteiger partial charge in [-0.2, -0.15) is 0 Å². The molecule has 0 bridgehead atoms. The monoisotopic (exact) mass is 552 g/mol. The number of hydrogen-bond donors (Lipinski definition) is 0. The van der Waals surface area contributed by atoms with Gasteiger partial charge in [0.2, 0.25) is 0 Å². The first-order chi connectivity index (χ1) is 21.2. The lowest BCUT2D eigenvalue weighted by atomic mass is 9.91. The largest absolute Gasteiger partial charge is 0.256 e. The predicted octanol–water partition coefficient (Wildman–Crippen LogP) is 9.58. The van der Waals surface area contributed by atoms with Crippen LogP contribution in [-0.2, 0) is 0 Å². The zero-order valence-corrected chi connectivity index (χ0v) is 23.7. The van der Waals surface area contributed by atoms with Gasteiger partial charge in [0.25, 0.3) is 0 Å². The molecule has 204 valence electrons. The van der Waals surface area contributed by atoms with Gasteiger partial charge in [-0.3, -0.25) is 19.9 Å². The number of aryl methyl sites for hydroxylation is 1. The molecule has 0 saturated heterocycles.